The topological polar surface area (TPSA) is 58.1 Å². The predicted molar refractivity (Wildman–Crippen MR) is 89.8 cm³/mol. The van der Waals surface area contributed by atoms with Gasteiger partial charge in [-0.1, -0.05) is 12.1 Å². The molecule has 2 aromatic rings. The molecule has 1 atom stereocenters. The van der Waals surface area contributed by atoms with E-state index in [1.807, 2.05) is 37.4 Å². The molecule has 1 aliphatic rings. The predicted octanol–water partition coefficient (Wildman–Crippen LogP) is 2.64. The third-order valence-electron chi connectivity index (χ3n) is 4.14. The van der Waals surface area contributed by atoms with Crippen LogP contribution in [0.5, 0.6) is 0 Å². The number of hydrogen-bond acceptors (Lipinski definition) is 4. The zero-order valence-electron chi connectivity index (χ0n) is 13.4. The third kappa shape index (κ3) is 4.36. The fourth-order valence-corrected chi connectivity index (χ4v) is 3.00. The molecule has 2 aromatic heterocycles. The van der Waals surface area contributed by atoms with Crippen LogP contribution in [-0.4, -0.2) is 33.9 Å². The molecule has 0 saturated carbocycles. The largest absolute Gasteiger partial charge is 0.310 e. The maximum absolute atomic E-state index is 12.5. The second-order valence-electron chi connectivity index (χ2n) is 6.09. The molecule has 0 spiro atoms. The number of carbonyl (C=O) groups is 1. The first-order valence-corrected chi connectivity index (χ1v) is 8.06. The van der Waals surface area contributed by atoms with E-state index in [-0.39, 0.29) is 11.8 Å². The van der Waals surface area contributed by atoms with Crippen molar-refractivity contribution in [2.45, 2.75) is 26.3 Å². The number of carbonyl (C=O) groups excluding carboxylic acids is 1. The van der Waals surface area contributed by atoms with Crippen molar-refractivity contribution in [3.63, 3.8) is 0 Å². The average molecular weight is 310 g/mol. The molecule has 5 heteroatoms. The van der Waals surface area contributed by atoms with Crippen LogP contribution in [0.15, 0.2) is 42.7 Å². The van der Waals surface area contributed by atoms with Gasteiger partial charge in [0.25, 0.3) is 0 Å². The highest BCUT2D eigenvalue weighted by atomic mass is 16.2. The SMILES string of the molecule is Cc1cccc(NC(=O)C2CCCN(Cc3cccnc3)C2)n1. The summed E-state index contributed by atoms with van der Waals surface area (Å²) >= 11 is 0. The Morgan fingerprint density at radius 2 is 2.26 bits per heavy atom. The van der Waals surface area contributed by atoms with Crippen LogP contribution < -0.4 is 5.32 Å². The Hall–Kier alpha value is -2.27. The second-order valence-corrected chi connectivity index (χ2v) is 6.09. The minimum Gasteiger partial charge on any atom is -0.310 e. The van der Waals surface area contributed by atoms with Crippen LogP contribution in [0, 0.1) is 12.8 Å². The molecule has 0 aromatic carbocycles. The summed E-state index contributed by atoms with van der Waals surface area (Å²) in [5.41, 5.74) is 2.10. The summed E-state index contributed by atoms with van der Waals surface area (Å²) in [4.78, 5) is 23.3. The molecule has 3 heterocycles. The second kappa shape index (κ2) is 7.33. The van der Waals surface area contributed by atoms with Crippen molar-refractivity contribution in [2.24, 2.45) is 5.92 Å². The van der Waals surface area contributed by atoms with E-state index in [4.69, 9.17) is 0 Å². The van der Waals surface area contributed by atoms with E-state index in [9.17, 15) is 4.79 Å². The highest BCUT2D eigenvalue weighted by molar-refractivity contribution is 5.91. The van der Waals surface area contributed by atoms with Gasteiger partial charge < -0.3 is 5.32 Å². The van der Waals surface area contributed by atoms with Gasteiger partial charge in [0.1, 0.15) is 5.82 Å². The molecule has 1 amide bonds. The Bertz CT molecular complexity index is 659. The minimum atomic E-state index is 0.0164. The van der Waals surface area contributed by atoms with Crippen molar-refractivity contribution >= 4 is 11.7 Å². The van der Waals surface area contributed by atoms with Crippen molar-refractivity contribution in [3.8, 4) is 0 Å². The number of aromatic nitrogens is 2. The van der Waals surface area contributed by atoms with Crippen LogP contribution in [0.3, 0.4) is 0 Å². The summed E-state index contributed by atoms with van der Waals surface area (Å²) in [6.45, 7) is 4.58. The highest BCUT2D eigenvalue weighted by Gasteiger charge is 2.26. The van der Waals surface area contributed by atoms with Crippen molar-refractivity contribution in [2.75, 3.05) is 18.4 Å². The van der Waals surface area contributed by atoms with E-state index in [0.29, 0.717) is 5.82 Å². The maximum Gasteiger partial charge on any atom is 0.229 e. The van der Waals surface area contributed by atoms with Gasteiger partial charge in [0.2, 0.25) is 5.91 Å². The maximum atomic E-state index is 12.5. The van der Waals surface area contributed by atoms with E-state index < -0.39 is 0 Å². The number of nitrogens with one attached hydrogen (secondary N) is 1. The summed E-state index contributed by atoms with van der Waals surface area (Å²) in [7, 11) is 0. The van der Waals surface area contributed by atoms with E-state index in [1.165, 1.54) is 5.56 Å². The van der Waals surface area contributed by atoms with Crippen LogP contribution in [0.2, 0.25) is 0 Å². The van der Waals surface area contributed by atoms with Crippen molar-refractivity contribution in [3.05, 3.63) is 54.0 Å². The highest BCUT2D eigenvalue weighted by Crippen LogP contribution is 2.20. The van der Waals surface area contributed by atoms with Gasteiger partial charge in [0, 0.05) is 31.2 Å². The average Bonchev–Trinajstić information content (AvgIpc) is 2.56. The minimum absolute atomic E-state index is 0.0164. The van der Waals surface area contributed by atoms with Crippen molar-refractivity contribution in [1.82, 2.24) is 14.9 Å². The quantitative estimate of drug-likeness (QED) is 0.943. The molecule has 1 unspecified atom stereocenters. The Kier molecular flexibility index (Phi) is 4.98. The zero-order chi connectivity index (χ0) is 16.1. The van der Waals surface area contributed by atoms with Gasteiger partial charge in [-0.3, -0.25) is 14.7 Å². The van der Waals surface area contributed by atoms with Crippen LogP contribution in [0.4, 0.5) is 5.82 Å². The van der Waals surface area contributed by atoms with Gasteiger partial charge in [0.05, 0.1) is 5.92 Å². The molecule has 0 aliphatic carbocycles. The fraction of sp³-hybridized carbons (Fsp3) is 0.389. The molecule has 120 valence electrons. The molecular weight excluding hydrogens is 288 g/mol. The number of hydrogen-bond donors (Lipinski definition) is 1. The normalized spacial score (nSPS) is 18.6. The molecule has 5 nitrogen and oxygen atoms in total. The summed E-state index contributed by atoms with van der Waals surface area (Å²) in [6, 6.07) is 9.70. The van der Waals surface area contributed by atoms with Crippen LogP contribution in [0.25, 0.3) is 0 Å². The van der Waals surface area contributed by atoms with E-state index in [0.717, 1.165) is 38.2 Å². The van der Waals surface area contributed by atoms with Crippen molar-refractivity contribution < 1.29 is 4.79 Å². The number of aryl methyl sites for hydroxylation is 1. The Morgan fingerprint density at radius 1 is 1.35 bits per heavy atom. The molecular formula is C18H22N4O. The summed E-state index contributed by atoms with van der Waals surface area (Å²) in [5.74, 6) is 0.723. The van der Waals surface area contributed by atoms with E-state index >= 15 is 0 Å². The molecule has 1 saturated heterocycles. The smallest absolute Gasteiger partial charge is 0.229 e. The lowest BCUT2D eigenvalue weighted by Gasteiger charge is -2.31. The Morgan fingerprint density at radius 3 is 3.04 bits per heavy atom. The van der Waals surface area contributed by atoms with Gasteiger partial charge in [-0.2, -0.15) is 0 Å². The summed E-state index contributed by atoms with van der Waals surface area (Å²) in [5, 5.41) is 2.95. The zero-order valence-corrected chi connectivity index (χ0v) is 13.4. The monoisotopic (exact) mass is 310 g/mol. The number of likely N-dealkylation sites (tertiary alicyclic amines) is 1. The molecule has 23 heavy (non-hydrogen) atoms. The molecule has 0 radical (unpaired) electrons. The van der Waals surface area contributed by atoms with Gasteiger partial charge in [-0.15, -0.1) is 0 Å². The molecule has 1 fully saturated rings. The number of anilines is 1. The molecule has 3 rings (SSSR count). The van der Waals surface area contributed by atoms with Crippen LogP contribution in [-0.2, 0) is 11.3 Å². The number of nitrogens with zero attached hydrogens (tertiary/aromatic N) is 3. The van der Waals surface area contributed by atoms with Crippen LogP contribution in [0.1, 0.15) is 24.1 Å². The number of pyridine rings is 2. The summed E-state index contributed by atoms with van der Waals surface area (Å²) in [6.07, 6.45) is 5.64. The first-order valence-electron chi connectivity index (χ1n) is 8.06. The van der Waals surface area contributed by atoms with Gasteiger partial charge in [0.15, 0.2) is 0 Å². The van der Waals surface area contributed by atoms with Gasteiger partial charge in [-0.05, 0) is 50.1 Å². The number of piperidine rings is 1. The first kappa shape index (κ1) is 15.6. The first-order chi connectivity index (χ1) is 11.2. The van der Waals surface area contributed by atoms with E-state index in [2.05, 4.69) is 26.3 Å². The van der Waals surface area contributed by atoms with Gasteiger partial charge >= 0.3 is 0 Å². The van der Waals surface area contributed by atoms with E-state index in [1.54, 1.807) is 6.20 Å². The Labute approximate surface area is 136 Å². The lowest BCUT2D eigenvalue weighted by Crippen LogP contribution is -2.40. The molecule has 1 N–H and O–H groups in total. The van der Waals surface area contributed by atoms with Crippen molar-refractivity contribution in [1.29, 1.82) is 0 Å². The molecule has 0 bridgehead atoms. The lowest BCUT2D eigenvalue weighted by molar-refractivity contribution is -0.121. The number of rotatable bonds is 4. The Balaban J connectivity index is 1.58. The lowest BCUT2D eigenvalue weighted by atomic mass is 9.97. The standard InChI is InChI=1S/C18H22N4O/c1-14-5-2-8-17(20-14)21-18(23)16-7-4-10-22(13-16)12-15-6-3-9-19-11-15/h2-3,5-6,8-9,11,16H,4,7,10,12-13H2,1H3,(H,20,21,23). The third-order valence-corrected chi connectivity index (χ3v) is 4.14. The fourth-order valence-electron chi connectivity index (χ4n) is 3.00. The molecule has 1 aliphatic heterocycles. The summed E-state index contributed by atoms with van der Waals surface area (Å²) < 4.78 is 0. The van der Waals surface area contributed by atoms with Gasteiger partial charge in [-0.25, -0.2) is 4.98 Å². The number of amides is 1. The van der Waals surface area contributed by atoms with Crippen LogP contribution >= 0.6 is 0 Å².